The van der Waals surface area contributed by atoms with Crippen LogP contribution in [0.3, 0.4) is 0 Å². The maximum absolute atomic E-state index is 9.68. The summed E-state index contributed by atoms with van der Waals surface area (Å²) in [6.45, 7) is 11.6. The topological polar surface area (TPSA) is 39.2 Å². The molecule has 1 N–H and O–H groups in total. The second-order valence-electron chi connectivity index (χ2n) is 8.76. The summed E-state index contributed by atoms with van der Waals surface area (Å²) in [7, 11) is 0. The van der Waals surface area contributed by atoms with Crippen molar-refractivity contribution in [3.05, 3.63) is 51.7 Å². The van der Waals surface area contributed by atoms with Gasteiger partial charge in [-0.15, -0.1) is 11.3 Å². The molecule has 0 amide bonds. The van der Waals surface area contributed by atoms with E-state index >= 15 is 0 Å². The van der Waals surface area contributed by atoms with Gasteiger partial charge in [-0.2, -0.15) is 0 Å². The van der Waals surface area contributed by atoms with Crippen LogP contribution in [-0.2, 0) is 19.6 Å². The van der Waals surface area contributed by atoms with Crippen LogP contribution in [0.15, 0.2) is 36.4 Å². The molecule has 2 fully saturated rings. The van der Waals surface area contributed by atoms with Crippen molar-refractivity contribution in [3.8, 4) is 5.75 Å². The van der Waals surface area contributed by atoms with Gasteiger partial charge in [0.2, 0.25) is 0 Å². The Bertz CT molecular complexity index is 806. The molecule has 5 nitrogen and oxygen atoms in total. The lowest BCUT2D eigenvalue weighted by Crippen LogP contribution is -2.52. The van der Waals surface area contributed by atoms with Crippen LogP contribution in [0.5, 0.6) is 5.75 Å². The Morgan fingerprint density at radius 1 is 0.935 bits per heavy atom. The number of benzene rings is 1. The fourth-order valence-corrected chi connectivity index (χ4v) is 5.96. The summed E-state index contributed by atoms with van der Waals surface area (Å²) in [4.78, 5) is 10.6. The fraction of sp³-hybridized carbons (Fsp3) is 0.600. The van der Waals surface area contributed by atoms with Gasteiger partial charge in [0.25, 0.3) is 0 Å². The molecule has 31 heavy (non-hydrogen) atoms. The quantitative estimate of drug-likeness (QED) is 0.605. The van der Waals surface area contributed by atoms with E-state index in [2.05, 4.69) is 45.0 Å². The molecule has 1 atom stereocenters. The van der Waals surface area contributed by atoms with Crippen LogP contribution >= 0.6 is 11.3 Å². The molecule has 2 aromatic rings. The summed E-state index contributed by atoms with van der Waals surface area (Å²) in [6, 6.07) is 13.4. The number of rotatable bonds is 10. The number of piperazine rings is 1. The molecular formula is C25H37N3O2S. The number of aliphatic hydroxyl groups excluding tert-OH is 1. The van der Waals surface area contributed by atoms with E-state index in [1.54, 1.807) is 0 Å². The van der Waals surface area contributed by atoms with Crippen molar-refractivity contribution in [1.82, 2.24) is 14.7 Å². The summed E-state index contributed by atoms with van der Waals surface area (Å²) in [5.41, 5.74) is 1.24. The molecule has 0 saturated carbocycles. The monoisotopic (exact) mass is 443 g/mol. The van der Waals surface area contributed by atoms with Gasteiger partial charge in [0.1, 0.15) is 5.75 Å². The zero-order valence-corrected chi connectivity index (χ0v) is 19.7. The van der Waals surface area contributed by atoms with Crippen molar-refractivity contribution >= 4 is 11.3 Å². The van der Waals surface area contributed by atoms with Gasteiger partial charge in [0, 0.05) is 67.2 Å². The van der Waals surface area contributed by atoms with Crippen LogP contribution in [-0.4, -0.2) is 71.8 Å². The minimum absolute atomic E-state index is 0.237. The average Bonchev–Trinajstić information content (AvgIpc) is 3.44. The van der Waals surface area contributed by atoms with Crippen molar-refractivity contribution in [2.45, 2.75) is 51.9 Å². The number of ether oxygens (including phenoxy) is 1. The molecular weight excluding hydrogens is 406 g/mol. The first-order valence-electron chi connectivity index (χ1n) is 11.8. The molecule has 170 valence electrons. The summed E-state index contributed by atoms with van der Waals surface area (Å²) < 4.78 is 5.84. The molecule has 1 aromatic heterocycles. The first kappa shape index (κ1) is 22.7. The highest BCUT2D eigenvalue weighted by Gasteiger charge is 2.27. The van der Waals surface area contributed by atoms with Gasteiger partial charge in [-0.3, -0.25) is 14.7 Å². The lowest BCUT2D eigenvalue weighted by molar-refractivity contribution is 0.0499. The van der Waals surface area contributed by atoms with Gasteiger partial charge in [0.05, 0.1) is 6.61 Å². The highest BCUT2D eigenvalue weighted by Crippen LogP contribution is 2.26. The second kappa shape index (κ2) is 11.4. The maximum Gasteiger partial charge on any atom is 0.123 e. The molecule has 1 aromatic carbocycles. The largest absolute Gasteiger partial charge is 0.494 e. The van der Waals surface area contributed by atoms with Crippen LogP contribution in [0.2, 0.25) is 0 Å². The van der Waals surface area contributed by atoms with E-state index in [9.17, 15) is 5.11 Å². The summed E-state index contributed by atoms with van der Waals surface area (Å²) in [5, 5.41) is 9.68. The predicted molar refractivity (Wildman–Crippen MR) is 128 cm³/mol. The van der Waals surface area contributed by atoms with Crippen molar-refractivity contribution in [2.24, 2.45) is 0 Å². The van der Waals surface area contributed by atoms with Crippen LogP contribution in [0.1, 0.15) is 41.5 Å². The van der Waals surface area contributed by atoms with Gasteiger partial charge in [-0.1, -0.05) is 18.2 Å². The van der Waals surface area contributed by atoms with E-state index in [1.165, 1.54) is 41.2 Å². The third-order valence-corrected chi connectivity index (χ3v) is 7.53. The van der Waals surface area contributed by atoms with Crippen LogP contribution < -0.4 is 4.74 Å². The minimum atomic E-state index is 0.237. The van der Waals surface area contributed by atoms with Crippen molar-refractivity contribution in [3.63, 3.8) is 0 Å². The number of hydrogen-bond acceptors (Lipinski definition) is 6. The standard InChI is InChI=1S/C25H37N3O2S/c1-2-30-25-8-4-3-7-21(25)17-28-15-14-27(18-22(28)11-16-29)20-24-10-9-23(31-24)19-26-12-5-6-13-26/h3-4,7-10,22,29H,2,5-6,11-20H2,1H3. The van der Waals surface area contributed by atoms with Gasteiger partial charge in [-0.25, -0.2) is 0 Å². The molecule has 1 unspecified atom stereocenters. The SMILES string of the molecule is CCOc1ccccc1CN1CCN(Cc2ccc(CN3CCCC3)s2)CC1CCO. The van der Waals surface area contributed by atoms with Crippen LogP contribution in [0.25, 0.3) is 0 Å². The minimum Gasteiger partial charge on any atom is -0.494 e. The molecule has 4 rings (SSSR count). The van der Waals surface area contributed by atoms with Gasteiger partial charge in [0.15, 0.2) is 0 Å². The number of thiophene rings is 1. The Labute approximate surface area is 191 Å². The zero-order valence-electron chi connectivity index (χ0n) is 18.8. The first-order valence-corrected chi connectivity index (χ1v) is 12.6. The first-order chi connectivity index (χ1) is 15.2. The molecule has 3 heterocycles. The normalized spacial score (nSPS) is 21.0. The van der Waals surface area contributed by atoms with E-state index in [1.807, 2.05) is 24.3 Å². The molecule has 0 aliphatic carbocycles. The van der Waals surface area contributed by atoms with E-state index in [4.69, 9.17) is 4.74 Å². The number of aliphatic hydroxyl groups is 1. The molecule has 0 bridgehead atoms. The van der Waals surface area contributed by atoms with E-state index < -0.39 is 0 Å². The highest BCUT2D eigenvalue weighted by atomic mass is 32.1. The second-order valence-corrected chi connectivity index (χ2v) is 10.0. The van der Waals surface area contributed by atoms with Gasteiger partial charge >= 0.3 is 0 Å². The van der Waals surface area contributed by atoms with Crippen molar-refractivity contribution < 1.29 is 9.84 Å². The summed E-state index contributed by atoms with van der Waals surface area (Å²) in [6.07, 6.45) is 3.52. The van der Waals surface area contributed by atoms with E-state index in [0.717, 1.165) is 51.4 Å². The summed E-state index contributed by atoms with van der Waals surface area (Å²) >= 11 is 1.98. The summed E-state index contributed by atoms with van der Waals surface area (Å²) in [5.74, 6) is 0.985. The third kappa shape index (κ3) is 6.30. The Balaban J connectivity index is 1.34. The van der Waals surface area contributed by atoms with Gasteiger partial charge < -0.3 is 9.84 Å². The Morgan fingerprint density at radius 2 is 1.68 bits per heavy atom. The lowest BCUT2D eigenvalue weighted by atomic mass is 10.1. The molecule has 6 heteroatoms. The zero-order chi connectivity index (χ0) is 21.5. The van der Waals surface area contributed by atoms with Gasteiger partial charge in [-0.05, 0) is 57.5 Å². The van der Waals surface area contributed by atoms with Crippen molar-refractivity contribution in [2.75, 3.05) is 45.9 Å². The molecule has 2 aliphatic heterocycles. The molecule has 0 radical (unpaired) electrons. The Kier molecular flexibility index (Phi) is 8.39. The van der Waals surface area contributed by atoms with E-state index in [0.29, 0.717) is 12.6 Å². The fourth-order valence-electron chi connectivity index (χ4n) is 4.86. The Hall–Kier alpha value is -1.44. The highest BCUT2D eigenvalue weighted by molar-refractivity contribution is 7.11. The third-order valence-electron chi connectivity index (χ3n) is 6.47. The smallest absolute Gasteiger partial charge is 0.123 e. The van der Waals surface area contributed by atoms with Crippen molar-refractivity contribution in [1.29, 1.82) is 0 Å². The molecule has 0 spiro atoms. The Morgan fingerprint density at radius 3 is 2.42 bits per heavy atom. The number of likely N-dealkylation sites (tertiary alicyclic amines) is 1. The number of hydrogen-bond donors (Lipinski definition) is 1. The predicted octanol–water partition coefficient (Wildman–Crippen LogP) is 3.81. The molecule has 2 saturated heterocycles. The number of nitrogens with zero attached hydrogens (tertiary/aromatic N) is 3. The van der Waals surface area contributed by atoms with Crippen LogP contribution in [0.4, 0.5) is 0 Å². The van der Waals surface area contributed by atoms with E-state index in [-0.39, 0.29) is 6.61 Å². The average molecular weight is 444 g/mol. The van der Waals surface area contributed by atoms with Crippen LogP contribution in [0, 0.1) is 0 Å². The lowest BCUT2D eigenvalue weighted by Gasteiger charge is -2.41. The maximum atomic E-state index is 9.68. The number of para-hydroxylation sites is 1. The molecule has 2 aliphatic rings.